The van der Waals surface area contributed by atoms with Gasteiger partial charge in [0.1, 0.15) is 0 Å². The first-order valence-corrected chi connectivity index (χ1v) is 6.53. The fourth-order valence-electron chi connectivity index (χ4n) is 2.61. The van der Waals surface area contributed by atoms with Gasteiger partial charge in [-0.2, -0.15) is 0 Å². The van der Waals surface area contributed by atoms with Crippen LogP contribution in [0.2, 0.25) is 0 Å². The summed E-state index contributed by atoms with van der Waals surface area (Å²) in [5.74, 6) is -1.39. The number of furan rings is 1. The number of benzene rings is 1. The van der Waals surface area contributed by atoms with Gasteiger partial charge in [-0.15, -0.1) is 0 Å². The summed E-state index contributed by atoms with van der Waals surface area (Å²) in [6, 6.07) is 6.74. The largest absolute Gasteiger partial charge is 0.461 e. The highest BCUT2D eigenvalue weighted by atomic mass is 16.3. The number of hydrogen-bond acceptors (Lipinski definition) is 4. The Balaban J connectivity index is 2.00. The van der Waals surface area contributed by atoms with Crippen molar-refractivity contribution in [2.75, 3.05) is 11.4 Å². The summed E-state index contributed by atoms with van der Waals surface area (Å²) >= 11 is 0. The lowest BCUT2D eigenvalue weighted by molar-refractivity contribution is -0.114. The first-order valence-electron chi connectivity index (χ1n) is 6.53. The minimum atomic E-state index is -0.668. The number of amides is 1. The normalized spacial score (nSPS) is 13.7. The molecule has 5 heteroatoms. The summed E-state index contributed by atoms with van der Waals surface area (Å²) in [7, 11) is 0. The quantitative estimate of drug-likeness (QED) is 0.640. The molecule has 0 fully saturated rings. The molecular weight excluding hydrogens is 270 g/mol. The van der Waals surface area contributed by atoms with Crippen molar-refractivity contribution < 1.29 is 18.8 Å². The molecule has 0 N–H and O–H groups in total. The molecule has 0 atom stereocenters. The van der Waals surface area contributed by atoms with Gasteiger partial charge >= 0.3 is 0 Å². The minimum absolute atomic E-state index is 0.174. The van der Waals surface area contributed by atoms with Crippen molar-refractivity contribution in [1.29, 1.82) is 0 Å². The van der Waals surface area contributed by atoms with Crippen molar-refractivity contribution in [1.82, 2.24) is 0 Å². The molecule has 21 heavy (non-hydrogen) atoms. The molecule has 0 aliphatic carbocycles. The highest BCUT2D eigenvalue weighted by molar-refractivity contribution is 6.53. The molecule has 1 aliphatic heterocycles. The summed E-state index contributed by atoms with van der Waals surface area (Å²) in [6.45, 7) is 3.47. The molecule has 0 radical (unpaired) electrons. The van der Waals surface area contributed by atoms with E-state index >= 15 is 0 Å². The lowest BCUT2D eigenvalue weighted by Gasteiger charge is -2.15. The Morgan fingerprint density at radius 3 is 2.67 bits per heavy atom. The second kappa shape index (κ2) is 4.70. The minimum Gasteiger partial charge on any atom is -0.461 e. The highest BCUT2D eigenvalue weighted by Crippen LogP contribution is 2.32. The molecule has 0 saturated carbocycles. The second-order valence-corrected chi connectivity index (χ2v) is 5.10. The maximum absolute atomic E-state index is 12.1. The Kier molecular flexibility index (Phi) is 2.97. The number of anilines is 1. The fraction of sp³-hybridized carbons (Fsp3) is 0.188. The van der Waals surface area contributed by atoms with E-state index in [4.69, 9.17) is 4.42 Å². The van der Waals surface area contributed by atoms with Crippen LogP contribution < -0.4 is 4.90 Å². The Bertz CT molecular complexity index is 759. The van der Waals surface area contributed by atoms with Crippen LogP contribution in [0.1, 0.15) is 32.0 Å². The van der Waals surface area contributed by atoms with E-state index in [-0.39, 0.29) is 18.1 Å². The van der Waals surface area contributed by atoms with Crippen molar-refractivity contribution in [2.24, 2.45) is 0 Å². The first kappa shape index (κ1) is 13.3. The molecule has 2 heterocycles. The van der Waals surface area contributed by atoms with Crippen LogP contribution in [-0.4, -0.2) is 24.0 Å². The van der Waals surface area contributed by atoms with E-state index in [9.17, 15) is 14.4 Å². The zero-order valence-electron chi connectivity index (χ0n) is 11.7. The van der Waals surface area contributed by atoms with Gasteiger partial charge in [0.25, 0.3) is 11.7 Å². The highest BCUT2D eigenvalue weighted by Gasteiger charge is 2.38. The number of carbonyl (C=O) groups is 3. The molecule has 1 aliphatic rings. The van der Waals surface area contributed by atoms with Gasteiger partial charge in [0.2, 0.25) is 5.78 Å². The summed E-state index contributed by atoms with van der Waals surface area (Å²) in [4.78, 5) is 37.5. The molecule has 1 amide bonds. The number of rotatable bonds is 3. The maximum Gasteiger partial charge on any atom is 0.299 e. The smallest absolute Gasteiger partial charge is 0.299 e. The van der Waals surface area contributed by atoms with Crippen LogP contribution in [0.3, 0.4) is 0 Å². The predicted molar refractivity (Wildman–Crippen MR) is 75.6 cm³/mol. The molecule has 5 nitrogen and oxygen atoms in total. The van der Waals surface area contributed by atoms with Crippen LogP contribution in [0.15, 0.2) is 34.9 Å². The Morgan fingerprint density at radius 2 is 2.00 bits per heavy atom. The van der Waals surface area contributed by atoms with Crippen LogP contribution in [0.4, 0.5) is 5.69 Å². The van der Waals surface area contributed by atoms with E-state index in [0.717, 1.165) is 11.1 Å². The SMILES string of the molecule is Cc1cc(C)c2c(c1)N(CC(=O)c1ccco1)C(=O)C2=O. The zero-order valence-corrected chi connectivity index (χ0v) is 11.7. The third-order valence-corrected chi connectivity index (χ3v) is 3.51. The van der Waals surface area contributed by atoms with Crippen molar-refractivity contribution in [3.05, 3.63) is 53.0 Å². The Morgan fingerprint density at radius 1 is 1.24 bits per heavy atom. The second-order valence-electron chi connectivity index (χ2n) is 5.10. The van der Waals surface area contributed by atoms with E-state index in [2.05, 4.69) is 0 Å². The van der Waals surface area contributed by atoms with E-state index < -0.39 is 11.7 Å². The molecule has 2 aromatic rings. The van der Waals surface area contributed by atoms with Crippen LogP contribution in [0.5, 0.6) is 0 Å². The van der Waals surface area contributed by atoms with Crippen molar-refractivity contribution in [3.63, 3.8) is 0 Å². The average molecular weight is 283 g/mol. The van der Waals surface area contributed by atoms with Gasteiger partial charge in [-0.3, -0.25) is 19.3 Å². The number of aryl methyl sites for hydroxylation is 2. The molecule has 3 rings (SSSR count). The molecule has 0 saturated heterocycles. The van der Waals surface area contributed by atoms with Crippen molar-refractivity contribution in [2.45, 2.75) is 13.8 Å². The van der Waals surface area contributed by atoms with E-state index in [0.29, 0.717) is 11.3 Å². The number of ketones is 2. The van der Waals surface area contributed by atoms with Crippen LogP contribution in [0.25, 0.3) is 0 Å². The average Bonchev–Trinajstić information content (AvgIpc) is 3.02. The van der Waals surface area contributed by atoms with Crippen LogP contribution in [0, 0.1) is 13.8 Å². The third-order valence-electron chi connectivity index (χ3n) is 3.51. The van der Waals surface area contributed by atoms with Gasteiger partial charge < -0.3 is 4.42 Å². The maximum atomic E-state index is 12.1. The van der Waals surface area contributed by atoms with Gasteiger partial charge in [0, 0.05) is 0 Å². The lowest BCUT2D eigenvalue weighted by Crippen LogP contribution is -2.34. The van der Waals surface area contributed by atoms with Crippen molar-refractivity contribution in [3.8, 4) is 0 Å². The van der Waals surface area contributed by atoms with Crippen LogP contribution in [-0.2, 0) is 4.79 Å². The van der Waals surface area contributed by atoms with Gasteiger partial charge in [0.05, 0.1) is 24.1 Å². The van der Waals surface area contributed by atoms with E-state index in [1.165, 1.54) is 17.2 Å². The number of nitrogens with zero attached hydrogens (tertiary/aromatic N) is 1. The van der Waals surface area contributed by atoms with E-state index in [1.54, 1.807) is 19.1 Å². The number of fused-ring (bicyclic) bond motifs is 1. The lowest BCUT2D eigenvalue weighted by atomic mass is 10.0. The molecule has 0 unspecified atom stereocenters. The Hall–Kier alpha value is -2.69. The first-order chi connectivity index (χ1) is 9.99. The fourth-order valence-corrected chi connectivity index (χ4v) is 2.61. The predicted octanol–water partition coefficient (Wildman–Crippen LogP) is 2.31. The zero-order chi connectivity index (χ0) is 15.1. The van der Waals surface area contributed by atoms with Crippen molar-refractivity contribution >= 4 is 23.2 Å². The number of hydrogen-bond donors (Lipinski definition) is 0. The summed E-state index contributed by atoms with van der Waals surface area (Å²) < 4.78 is 5.03. The van der Waals surface area contributed by atoms with Gasteiger partial charge in [-0.05, 0) is 43.2 Å². The summed E-state index contributed by atoms with van der Waals surface area (Å²) in [6.07, 6.45) is 1.40. The molecule has 0 spiro atoms. The van der Waals surface area contributed by atoms with Gasteiger partial charge in [0.15, 0.2) is 5.76 Å². The van der Waals surface area contributed by atoms with Crippen LogP contribution >= 0.6 is 0 Å². The number of carbonyl (C=O) groups excluding carboxylic acids is 3. The molecule has 1 aromatic carbocycles. The standard InChI is InChI=1S/C16H13NO4/c1-9-6-10(2)14-11(7-9)17(16(20)15(14)19)8-12(18)13-4-3-5-21-13/h3-7H,8H2,1-2H3. The number of Topliss-reactive ketones (excluding diaryl/α,β-unsaturated/α-hetero) is 2. The third kappa shape index (κ3) is 2.07. The summed E-state index contributed by atoms with van der Waals surface area (Å²) in [5.41, 5.74) is 2.57. The molecule has 0 bridgehead atoms. The summed E-state index contributed by atoms with van der Waals surface area (Å²) in [5, 5.41) is 0. The van der Waals surface area contributed by atoms with Gasteiger partial charge in [-0.1, -0.05) is 6.07 Å². The molecular formula is C16H13NO4. The Labute approximate surface area is 121 Å². The molecule has 1 aromatic heterocycles. The molecule has 106 valence electrons. The topological polar surface area (TPSA) is 67.6 Å². The van der Waals surface area contributed by atoms with E-state index in [1.807, 2.05) is 13.0 Å². The van der Waals surface area contributed by atoms with Gasteiger partial charge in [-0.25, -0.2) is 0 Å². The monoisotopic (exact) mass is 283 g/mol.